The van der Waals surface area contributed by atoms with Crippen LogP contribution in [0, 0.1) is 0 Å². The third-order valence-electron chi connectivity index (χ3n) is 13.8. The van der Waals surface area contributed by atoms with Gasteiger partial charge in [-0.3, -0.25) is 0 Å². The van der Waals surface area contributed by atoms with Gasteiger partial charge in [0.2, 0.25) is 0 Å². The molecule has 0 saturated carbocycles. The molecule has 2 heterocycles. The monoisotopic (exact) mass is 956 g/mol. The second-order valence-electron chi connectivity index (χ2n) is 17.3. The normalized spacial score (nSPS) is 19.0. The fraction of sp³-hybridized carbons (Fsp3) is 0.0323. The van der Waals surface area contributed by atoms with Crippen LogP contribution < -0.4 is 42.4 Å². The molecule has 2 aliphatic rings. The molecule has 10 aromatic carbocycles. The molecule has 12 rings (SSSR count). The van der Waals surface area contributed by atoms with Crippen molar-refractivity contribution in [2.24, 2.45) is 0 Å². The molecule has 0 N–H and O–H groups in total. The van der Waals surface area contributed by atoms with Gasteiger partial charge in [0.25, 0.3) is 0 Å². The number of rotatable bonds is 8. The minimum absolute atomic E-state index is 0.216. The third-order valence-corrected chi connectivity index (χ3v) is 26.0. The first-order chi connectivity index (χ1) is 33.5. The summed E-state index contributed by atoms with van der Waals surface area (Å²) in [6.45, 7) is -7.11. The fourth-order valence-corrected chi connectivity index (χ4v) is 23.5. The molecule has 0 aliphatic carbocycles. The van der Waals surface area contributed by atoms with Crippen LogP contribution in [0.25, 0.3) is 0 Å². The molecule has 10 aromatic rings. The zero-order valence-corrected chi connectivity index (χ0v) is 40.5. The van der Waals surface area contributed by atoms with Crippen molar-refractivity contribution in [3.05, 3.63) is 311 Å². The predicted octanol–water partition coefficient (Wildman–Crippen LogP) is 13.1. The number of hydrogen-bond donors (Lipinski definition) is 0. The molecular formula is C62H48Cl2O2P2. The summed E-state index contributed by atoms with van der Waals surface area (Å²) in [7, 11) is 0. The van der Waals surface area contributed by atoms with Crippen molar-refractivity contribution >= 4 is 79.3 Å². The summed E-state index contributed by atoms with van der Waals surface area (Å²) >= 11 is 12.5. The Morgan fingerprint density at radius 1 is 0.250 bits per heavy atom. The Bertz CT molecular complexity index is 2900. The molecule has 0 bridgehead atoms. The molecule has 2 atom stereocenters. The minimum atomic E-state index is -3.55. The first-order valence-corrected chi connectivity index (χ1v) is 28.0. The summed E-state index contributed by atoms with van der Waals surface area (Å²) in [6, 6.07) is 98.4. The maximum absolute atomic E-state index is 7.68. The van der Waals surface area contributed by atoms with E-state index in [1.165, 1.54) is 53.6 Å². The number of fused-ring (bicyclic) bond motifs is 2. The molecule has 0 aromatic heterocycles. The van der Waals surface area contributed by atoms with E-state index < -0.39 is 13.7 Å². The second kappa shape index (κ2) is 17.9. The van der Waals surface area contributed by atoms with Crippen LogP contribution in [0.15, 0.2) is 279 Å². The number of hydrogen-bond acceptors (Lipinski definition) is 2. The van der Waals surface area contributed by atoms with Gasteiger partial charge in [-0.2, -0.15) is 0 Å². The SMILES string of the molecule is Clc1ccc([C@@H]2OP(c3ccccc3)(c3ccccc3)(c3ccccc3)c3ccccc32)cc1.Clc1ccc([C@H]2OP(c3ccccc3)(c3ccccc3)(c3ccccc3)c3ccccc32)cc1. The molecule has 2 nitrogen and oxygen atoms in total. The van der Waals surface area contributed by atoms with Gasteiger partial charge in [0.05, 0.1) is 0 Å². The van der Waals surface area contributed by atoms with Gasteiger partial charge in [-0.25, -0.2) is 0 Å². The van der Waals surface area contributed by atoms with Gasteiger partial charge in [-0.15, -0.1) is 0 Å². The van der Waals surface area contributed by atoms with Crippen molar-refractivity contribution in [3.63, 3.8) is 0 Å². The van der Waals surface area contributed by atoms with E-state index in [2.05, 4.69) is 255 Å². The molecule has 332 valence electrons. The molecule has 0 amide bonds. The van der Waals surface area contributed by atoms with E-state index in [1.54, 1.807) is 0 Å². The van der Waals surface area contributed by atoms with Gasteiger partial charge in [-0.1, -0.05) is 0 Å². The average molecular weight is 958 g/mol. The van der Waals surface area contributed by atoms with Crippen LogP contribution in [0.4, 0.5) is 0 Å². The second-order valence-corrected chi connectivity index (χ2v) is 26.8. The molecule has 0 saturated heterocycles. The summed E-state index contributed by atoms with van der Waals surface area (Å²) in [6.07, 6.45) is -0.432. The van der Waals surface area contributed by atoms with Crippen molar-refractivity contribution < 1.29 is 9.05 Å². The van der Waals surface area contributed by atoms with E-state index in [0.29, 0.717) is 0 Å². The Balaban J connectivity index is 0.000000149. The van der Waals surface area contributed by atoms with Crippen LogP contribution >= 0.6 is 36.9 Å². The topological polar surface area (TPSA) is 18.5 Å². The van der Waals surface area contributed by atoms with E-state index in [9.17, 15) is 0 Å². The zero-order valence-electron chi connectivity index (χ0n) is 37.2. The molecule has 0 unspecified atom stereocenters. The Hall–Kier alpha value is -6.44. The summed E-state index contributed by atoms with van der Waals surface area (Å²) in [5.41, 5.74) is 4.62. The standard InChI is InChI=1S/2C31H24ClOP/c2*32-25-22-20-24(21-23-25)31-29-18-10-11-19-30(29)34(33-31,26-12-4-1-5-13-26,27-14-6-2-7-15-27)28-16-8-3-9-17-28/h2*1-23,31H/t2*31-/m10/s1. The van der Waals surface area contributed by atoms with Crippen LogP contribution in [0.1, 0.15) is 34.5 Å². The number of benzene rings is 10. The Labute approximate surface area is 409 Å². The molecule has 0 spiro atoms. The Morgan fingerprint density at radius 2 is 0.471 bits per heavy atom. The maximum atomic E-state index is 7.68. The fourth-order valence-electron chi connectivity index (χ4n) is 11.0. The van der Waals surface area contributed by atoms with E-state index in [4.69, 9.17) is 32.2 Å². The van der Waals surface area contributed by atoms with Crippen molar-refractivity contribution in [1.29, 1.82) is 0 Å². The quantitative estimate of drug-likeness (QED) is 0.141. The van der Waals surface area contributed by atoms with Crippen molar-refractivity contribution in [3.8, 4) is 0 Å². The van der Waals surface area contributed by atoms with Crippen LogP contribution in [-0.4, -0.2) is 0 Å². The summed E-state index contributed by atoms with van der Waals surface area (Å²) in [5.74, 6) is 0. The van der Waals surface area contributed by atoms with E-state index >= 15 is 0 Å². The van der Waals surface area contributed by atoms with Crippen molar-refractivity contribution in [1.82, 2.24) is 0 Å². The first-order valence-electron chi connectivity index (χ1n) is 22.9. The molecule has 68 heavy (non-hydrogen) atoms. The van der Waals surface area contributed by atoms with E-state index in [0.717, 1.165) is 21.2 Å². The third kappa shape index (κ3) is 6.63. The van der Waals surface area contributed by atoms with Crippen LogP contribution in [0.5, 0.6) is 0 Å². The molecule has 0 fully saturated rings. The average Bonchev–Trinajstić information content (AvgIpc) is 3.93. The van der Waals surface area contributed by atoms with Gasteiger partial charge in [0.1, 0.15) is 0 Å². The van der Waals surface area contributed by atoms with Crippen LogP contribution in [0.2, 0.25) is 10.0 Å². The number of halogens is 2. The van der Waals surface area contributed by atoms with Gasteiger partial charge in [-0.05, 0) is 0 Å². The van der Waals surface area contributed by atoms with Crippen molar-refractivity contribution in [2.75, 3.05) is 0 Å². The van der Waals surface area contributed by atoms with E-state index in [-0.39, 0.29) is 12.2 Å². The van der Waals surface area contributed by atoms with E-state index in [1.807, 2.05) is 24.3 Å². The van der Waals surface area contributed by atoms with Gasteiger partial charge < -0.3 is 0 Å². The van der Waals surface area contributed by atoms with Crippen LogP contribution in [-0.2, 0) is 9.05 Å². The molecule has 6 heteroatoms. The summed E-state index contributed by atoms with van der Waals surface area (Å²) in [4.78, 5) is 0. The molecule has 2 aliphatic heterocycles. The van der Waals surface area contributed by atoms with Gasteiger partial charge in [0, 0.05) is 0 Å². The first kappa shape index (κ1) is 44.1. The zero-order chi connectivity index (χ0) is 46.1. The summed E-state index contributed by atoms with van der Waals surface area (Å²) < 4.78 is 15.4. The molecule has 0 radical (unpaired) electrons. The van der Waals surface area contributed by atoms with Crippen LogP contribution in [0.3, 0.4) is 0 Å². The molecular weight excluding hydrogens is 910 g/mol. The summed E-state index contributed by atoms with van der Waals surface area (Å²) in [5, 5.41) is 11.2. The Morgan fingerprint density at radius 3 is 0.721 bits per heavy atom. The Kier molecular flexibility index (Phi) is 11.6. The van der Waals surface area contributed by atoms with Crippen molar-refractivity contribution in [2.45, 2.75) is 12.2 Å². The van der Waals surface area contributed by atoms with Gasteiger partial charge >= 0.3 is 412 Å². The van der Waals surface area contributed by atoms with Gasteiger partial charge in [0.15, 0.2) is 0 Å². The predicted molar refractivity (Wildman–Crippen MR) is 291 cm³/mol.